The van der Waals surface area contributed by atoms with Gasteiger partial charge in [-0.1, -0.05) is 6.07 Å². The van der Waals surface area contributed by atoms with Crippen LogP contribution in [0.2, 0.25) is 0 Å². The smallest absolute Gasteiger partial charge is 0.264 e. The summed E-state index contributed by atoms with van der Waals surface area (Å²) in [4.78, 5) is 27.8. The Hall–Kier alpha value is -2.12. The van der Waals surface area contributed by atoms with E-state index in [1.165, 1.54) is 11.3 Å². The van der Waals surface area contributed by atoms with Gasteiger partial charge in [0, 0.05) is 13.2 Å². The van der Waals surface area contributed by atoms with E-state index in [-0.39, 0.29) is 29.9 Å². The van der Waals surface area contributed by atoms with Crippen molar-refractivity contribution in [3.63, 3.8) is 0 Å². The van der Waals surface area contributed by atoms with Gasteiger partial charge in [-0.15, -0.1) is 11.3 Å². The Balaban J connectivity index is 1.46. The number of carbonyl (C=O) groups excluding carboxylic acids is 2. The number of rotatable bonds is 4. The third-order valence-electron chi connectivity index (χ3n) is 4.64. The third-order valence-corrected chi connectivity index (χ3v) is 5.50. The van der Waals surface area contributed by atoms with Crippen LogP contribution in [0.5, 0.6) is 0 Å². The van der Waals surface area contributed by atoms with Crippen LogP contribution < -0.4 is 5.32 Å². The zero-order valence-electron chi connectivity index (χ0n) is 13.0. The van der Waals surface area contributed by atoms with Gasteiger partial charge in [-0.2, -0.15) is 0 Å². The fraction of sp³-hybridized carbons (Fsp3) is 0.412. The summed E-state index contributed by atoms with van der Waals surface area (Å²) in [5, 5.41) is 4.77. The van der Waals surface area contributed by atoms with Crippen molar-refractivity contribution in [1.82, 2.24) is 10.2 Å². The van der Waals surface area contributed by atoms with Crippen molar-refractivity contribution in [3.8, 4) is 0 Å². The van der Waals surface area contributed by atoms with Gasteiger partial charge in [0.2, 0.25) is 5.91 Å². The van der Waals surface area contributed by atoms with Crippen molar-refractivity contribution in [2.24, 2.45) is 5.92 Å². The van der Waals surface area contributed by atoms with Crippen LogP contribution in [-0.2, 0) is 16.1 Å². The molecular weight excluding hydrogens is 328 g/mol. The molecule has 0 bridgehead atoms. The second kappa shape index (κ2) is 6.41. The molecule has 4 heterocycles. The van der Waals surface area contributed by atoms with Crippen molar-refractivity contribution >= 4 is 23.2 Å². The molecule has 0 spiro atoms. The Kier molecular flexibility index (Phi) is 4.12. The molecule has 0 saturated carbocycles. The number of nitrogens with zero attached hydrogens (tertiary/aromatic N) is 1. The van der Waals surface area contributed by atoms with Gasteiger partial charge < -0.3 is 19.4 Å². The number of hydrogen-bond acceptors (Lipinski definition) is 5. The van der Waals surface area contributed by atoms with E-state index >= 15 is 0 Å². The van der Waals surface area contributed by atoms with Crippen LogP contribution >= 0.6 is 11.3 Å². The first-order valence-electron chi connectivity index (χ1n) is 8.00. The molecule has 2 fully saturated rings. The lowest BCUT2D eigenvalue weighted by molar-refractivity contribution is -0.127. The van der Waals surface area contributed by atoms with Crippen LogP contribution in [0.25, 0.3) is 0 Å². The zero-order chi connectivity index (χ0) is 16.5. The predicted molar refractivity (Wildman–Crippen MR) is 87.5 cm³/mol. The highest BCUT2D eigenvalue weighted by Gasteiger charge is 2.50. The number of amides is 2. The second-order valence-corrected chi connectivity index (χ2v) is 6.98. The average molecular weight is 346 g/mol. The number of thiophene rings is 1. The zero-order valence-corrected chi connectivity index (χ0v) is 13.8. The maximum Gasteiger partial charge on any atom is 0.264 e. The minimum absolute atomic E-state index is 0.00756. The Morgan fingerprint density at radius 3 is 3.00 bits per heavy atom. The molecule has 0 aromatic carbocycles. The topological polar surface area (TPSA) is 71.8 Å². The maximum atomic E-state index is 12.7. The fourth-order valence-electron chi connectivity index (χ4n) is 3.49. The molecule has 2 saturated heterocycles. The number of likely N-dealkylation sites (tertiary alicyclic amines) is 1. The molecule has 2 aliphatic rings. The van der Waals surface area contributed by atoms with Gasteiger partial charge in [-0.25, -0.2) is 0 Å². The van der Waals surface area contributed by atoms with E-state index in [0.29, 0.717) is 30.3 Å². The van der Waals surface area contributed by atoms with Gasteiger partial charge in [-0.3, -0.25) is 9.59 Å². The van der Waals surface area contributed by atoms with Gasteiger partial charge in [0.05, 0.1) is 35.7 Å². The summed E-state index contributed by atoms with van der Waals surface area (Å²) in [5.74, 6) is 0.268. The van der Waals surface area contributed by atoms with Crippen molar-refractivity contribution in [2.75, 3.05) is 13.2 Å². The first-order chi connectivity index (χ1) is 11.7. The van der Waals surface area contributed by atoms with Gasteiger partial charge in [-0.05, 0) is 30.0 Å². The van der Waals surface area contributed by atoms with Crippen LogP contribution in [0.3, 0.4) is 0 Å². The maximum absolute atomic E-state index is 12.7. The molecular formula is C17H18N2O4S. The van der Waals surface area contributed by atoms with Gasteiger partial charge >= 0.3 is 0 Å². The minimum Gasteiger partial charge on any atom is -0.467 e. The summed E-state index contributed by atoms with van der Waals surface area (Å²) < 4.78 is 11.0. The lowest BCUT2D eigenvalue weighted by atomic mass is 10.0. The van der Waals surface area contributed by atoms with Crippen molar-refractivity contribution in [1.29, 1.82) is 0 Å². The average Bonchev–Trinajstić information content (AvgIpc) is 3.37. The Bertz CT molecular complexity index is 713. The van der Waals surface area contributed by atoms with Gasteiger partial charge in [0.25, 0.3) is 5.91 Å². The lowest BCUT2D eigenvalue weighted by Gasteiger charge is -2.21. The summed E-state index contributed by atoms with van der Waals surface area (Å²) in [6.07, 6.45) is 2.14. The Labute approximate surface area is 143 Å². The van der Waals surface area contributed by atoms with Crippen LogP contribution in [0, 0.1) is 5.92 Å². The summed E-state index contributed by atoms with van der Waals surface area (Å²) >= 11 is 1.43. The van der Waals surface area contributed by atoms with Gasteiger partial charge in [0.15, 0.2) is 0 Å². The molecule has 1 N–H and O–H groups in total. The third kappa shape index (κ3) is 2.74. The predicted octanol–water partition coefficient (Wildman–Crippen LogP) is 1.89. The molecule has 0 radical (unpaired) electrons. The van der Waals surface area contributed by atoms with Crippen LogP contribution in [0.1, 0.15) is 21.9 Å². The minimum atomic E-state index is -0.337. The molecule has 126 valence electrons. The fourth-order valence-corrected chi connectivity index (χ4v) is 4.17. The van der Waals surface area contributed by atoms with E-state index in [0.717, 1.165) is 6.42 Å². The highest BCUT2D eigenvalue weighted by Crippen LogP contribution is 2.35. The second-order valence-electron chi connectivity index (χ2n) is 6.03. The number of fused-ring (bicyclic) bond motifs is 1. The molecule has 7 heteroatoms. The molecule has 2 aromatic rings. The molecule has 4 rings (SSSR count). The van der Waals surface area contributed by atoms with Crippen molar-refractivity contribution in [3.05, 3.63) is 46.5 Å². The Morgan fingerprint density at radius 2 is 2.25 bits per heavy atom. The lowest BCUT2D eigenvalue weighted by Crippen LogP contribution is -2.37. The van der Waals surface area contributed by atoms with E-state index in [1.54, 1.807) is 17.2 Å². The summed E-state index contributed by atoms with van der Waals surface area (Å²) in [7, 11) is 0. The number of furan rings is 1. The Morgan fingerprint density at radius 1 is 1.33 bits per heavy atom. The normalized spacial score (nSPS) is 25.7. The highest BCUT2D eigenvalue weighted by molar-refractivity contribution is 7.12. The number of ether oxygens (including phenoxy) is 1. The van der Waals surface area contributed by atoms with E-state index in [9.17, 15) is 9.59 Å². The standard InChI is InChI=1S/C17H18N2O4S/c20-16(18-9-11-3-1-6-22-11)12-10-19(13-5-7-23-15(12)13)17(21)14-4-2-8-24-14/h1-4,6,8,12-13,15H,5,7,9-10H2,(H,18,20)/t12-,13-,15+/m1/s1. The first-order valence-corrected chi connectivity index (χ1v) is 8.88. The summed E-state index contributed by atoms with van der Waals surface area (Å²) in [5.41, 5.74) is 0. The molecule has 0 aliphatic carbocycles. The van der Waals surface area contributed by atoms with Crippen LogP contribution in [0.4, 0.5) is 0 Å². The number of hydrogen-bond donors (Lipinski definition) is 1. The summed E-state index contributed by atoms with van der Waals surface area (Å²) in [6, 6.07) is 7.27. The van der Waals surface area contributed by atoms with Crippen LogP contribution in [-0.4, -0.2) is 42.0 Å². The molecule has 24 heavy (non-hydrogen) atoms. The summed E-state index contributed by atoms with van der Waals surface area (Å²) in [6.45, 7) is 1.33. The first kappa shape index (κ1) is 15.4. The van der Waals surface area contributed by atoms with Crippen molar-refractivity contribution < 1.29 is 18.7 Å². The van der Waals surface area contributed by atoms with E-state index in [1.807, 2.05) is 23.6 Å². The highest BCUT2D eigenvalue weighted by atomic mass is 32.1. The quantitative estimate of drug-likeness (QED) is 0.918. The largest absolute Gasteiger partial charge is 0.467 e. The SMILES string of the molecule is O=C(NCc1ccco1)[C@@H]1CN(C(=O)c2cccs2)[C@@H]2CCO[C@H]21. The van der Waals surface area contributed by atoms with E-state index in [4.69, 9.17) is 9.15 Å². The number of carbonyl (C=O) groups is 2. The molecule has 2 amide bonds. The molecule has 3 atom stereocenters. The number of nitrogens with one attached hydrogen (secondary N) is 1. The van der Waals surface area contributed by atoms with E-state index < -0.39 is 0 Å². The monoisotopic (exact) mass is 346 g/mol. The van der Waals surface area contributed by atoms with Gasteiger partial charge in [0.1, 0.15) is 5.76 Å². The van der Waals surface area contributed by atoms with Crippen LogP contribution in [0.15, 0.2) is 40.3 Å². The molecule has 2 aromatic heterocycles. The molecule has 6 nitrogen and oxygen atoms in total. The molecule has 2 aliphatic heterocycles. The van der Waals surface area contributed by atoms with Crippen molar-refractivity contribution in [2.45, 2.75) is 25.1 Å². The molecule has 0 unspecified atom stereocenters. The van der Waals surface area contributed by atoms with E-state index in [2.05, 4.69) is 5.32 Å².